The fourth-order valence-electron chi connectivity index (χ4n) is 3.22. The molecule has 0 aliphatic heterocycles. The van der Waals surface area contributed by atoms with Gasteiger partial charge in [0.05, 0.1) is 0 Å². The van der Waals surface area contributed by atoms with Crippen LogP contribution in [0.15, 0.2) is 42.5 Å². The maximum atomic E-state index is 13.8. The molecule has 1 aliphatic carbocycles. The van der Waals surface area contributed by atoms with Crippen LogP contribution < -0.4 is 5.32 Å². The summed E-state index contributed by atoms with van der Waals surface area (Å²) in [5.74, 6) is -0.0586. The first-order chi connectivity index (χ1) is 10.2. The Bertz CT molecular complexity index is 618. The van der Waals surface area contributed by atoms with E-state index >= 15 is 0 Å². The molecule has 1 N–H and O–H groups in total. The van der Waals surface area contributed by atoms with E-state index in [0.717, 1.165) is 30.4 Å². The SMILES string of the molecule is CCc1ccc(C(C)NC2CCc3c(F)cccc32)cc1. The van der Waals surface area contributed by atoms with Crippen LogP contribution in [0.5, 0.6) is 0 Å². The van der Waals surface area contributed by atoms with Gasteiger partial charge in [0.25, 0.3) is 0 Å². The van der Waals surface area contributed by atoms with Gasteiger partial charge in [-0.2, -0.15) is 0 Å². The van der Waals surface area contributed by atoms with Crippen LogP contribution in [0, 0.1) is 5.82 Å². The third kappa shape index (κ3) is 2.86. The Balaban J connectivity index is 1.74. The van der Waals surface area contributed by atoms with Gasteiger partial charge in [0, 0.05) is 12.1 Å². The van der Waals surface area contributed by atoms with E-state index in [2.05, 4.69) is 49.5 Å². The van der Waals surface area contributed by atoms with Gasteiger partial charge < -0.3 is 5.32 Å². The summed E-state index contributed by atoms with van der Waals surface area (Å²) in [6.07, 6.45) is 2.88. The van der Waals surface area contributed by atoms with Gasteiger partial charge in [0.1, 0.15) is 5.82 Å². The molecule has 1 nitrogen and oxygen atoms in total. The van der Waals surface area contributed by atoms with E-state index < -0.39 is 0 Å². The molecule has 3 rings (SSSR count). The highest BCUT2D eigenvalue weighted by atomic mass is 19.1. The molecule has 110 valence electrons. The number of rotatable bonds is 4. The summed E-state index contributed by atoms with van der Waals surface area (Å²) < 4.78 is 13.8. The molecule has 2 aromatic carbocycles. The summed E-state index contributed by atoms with van der Waals surface area (Å²) >= 11 is 0. The topological polar surface area (TPSA) is 12.0 Å². The highest BCUT2D eigenvalue weighted by Crippen LogP contribution is 2.34. The lowest BCUT2D eigenvalue weighted by Gasteiger charge is -2.21. The van der Waals surface area contributed by atoms with E-state index in [0.29, 0.717) is 0 Å². The molecule has 0 amide bonds. The third-order valence-corrected chi connectivity index (χ3v) is 4.55. The minimum atomic E-state index is -0.0586. The Morgan fingerprint density at radius 1 is 1.19 bits per heavy atom. The highest BCUT2D eigenvalue weighted by Gasteiger charge is 2.25. The maximum Gasteiger partial charge on any atom is 0.126 e. The summed E-state index contributed by atoms with van der Waals surface area (Å²) in [4.78, 5) is 0. The van der Waals surface area contributed by atoms with Gasteiger partial charge in [0.2, 0.25) is 0 Å². The second-order valence-electron chi connectivity index (χ2n) is 5.88. The molecular formula is C19H22FN. The minimum Gasteiger partial charge on any atom is -0.303 e. The average molecular weight is 283 g/mol. The molecule has 0 heterocycles. The summed E-state index contributed by atoms with van der Waals surface area (Å²) in [5, 5.41) is 3.65. The molecule has 0 spiro atoms. The Labute approximate surface area is 126 Å². The van der Waals surface area contributed by atoms with Gasteiger partial charge >= 0.3 is 0 Å². The smallest absolute Gasteiger partial charge is 0.126 e. The number of fused-ring (bicyclic) bond motifs is 1. The number of aryl methyl sites for hydroxylation is 1. The van der Waals surface area contributed by atoms with Crippen LogP contribution in [-0.2, 0) is 12.8 Å². The minimum absolute atomic E-state index is 0.0586. The molecule has 2 heteroatoms. The van der Waals surface area contributed by atoms with Crippen molar-refractivity contribution in [3.05, 3.63) is 70.5 Å². The van der Waals surface area contributed by atoms with Gasteiger partial charge in [-0.25, -0.2) is 4.39 Å². The van der Waals surface area contributed by atoms with Crippen molar-refractivity contribution in [1.29, 1.82) is 0 Å². The van der Waals surface area contributed by atoms with Crippen molar-refractivity contribution >= 4 is 0 Å². The number of hydrogen-bond acceptors (Lipinski definition) is 1. The third-order valence-electron chi connectivity index (χ3n) is 4.55. The van der Waals surface area contributed by atoms with Gasteiger partial charge in [-0.3, -0.25) is 0 Å². The normalized spacial score (nSPS) is 18.5. The zero-order valence-corrected chi connectivity index (χ0v) is 12.7. The number of benzene rings is 2. The van der Waals surface area contributed by atoms with Crippen molar-refractivity contribution in [3.8, 4) is 0 Å². The Hall–Kier alpha value is -1.67. The predicted molar refractivity (Wildman–Crippen MR) is 84.8 cm³/mol. The van der Waals surface area contributed by atoms with Gasteiger partial charge in [-0.05, 0) is 54.5 Å². The monoisotopic (exact) mass is 283 g/mol. The second-order valence-corrected chi connectivity index (χ2v) is 5.88. The fourth-order valence-corrected chi connectivity index (χ4v) is 3.22. The number of nitrogens with one attached hydrogen (secondary N) is 1. The summed E-state index contributed by atoms with van der Waals surface area (Å²) in [7, 11) is 0. The van der Waals surface area contributed by atoms with E-state index in [4.69, 9.17) is 0 Å². The highest BCUT2D eigenvalue weighted by molar-refractivity contribution is 5.36. The molecule has 0 radical (unpaired) electrons. The lowest BCUT2D eigenvalue weighted by Crippen LogP contribution is -2.23. The van der Waals surface area contributed by atoms with Crippen molar-refractivity contribution in [3.63, 3.8) is 0 Å². The van der Waals surface area contributed by atoms with Crippen LogP contribution in [0.1, 0.15) is 54.6 Å². The second kappa shape index (κ2) is 5.98. The largest absolute Gasteiger partial charge is 0.303 e. The molecular weight excluding hydrogens is 261 g/mol. The molecule has 0 saturated carbocycles. The predicted octanol–water partition coefficient (Wildman–Crippen LogP) is 4.73. The fraction of sp³-hybridized carbons (Fsp3) is 0.368. The molecule has 0 saturated heterocycles. The summed E-state index contributed by atoms with van der Waals surface area (Å²) in [6.45, 7) is 4.35. The molecule has 0 bridgehead atoms. The summed E-state index contributed by atoms with van der Waals surface area (Å²) in [6, 6.07) is 14.7. The first-order valence-corrected chi connectivity index (χ1v) is 7.81. The Morgan fingerprint density at radius 2 is 1.95 bits per heavy atom. The standard InChI is InChI=1S/C19H22FN/c1-3-14-7-9-15(10-8-14)13(2)21-19-12-11-16-17(19)5-4-6-18(16)20/h4-10,13,19,21H,3,11-12H2,1-2H3. The Morgan fingerprint density at radius 3 is 2.67 bits per heavy atom. The molecule has 1 aliphatic rings. The van der Waals surface area contributed by atoms with Crippen LogP contribution in [0.2, 0.25) is 0 Å². The molecule has 0 fully saturated rings. The van der Waals surface area contributed by atoms with Crippen molar-refractivity contribution < 1.29 is 4.39 Å². The zero-order valence-electron chi connectivity index (χ0n) is 12.7. The number of halogens is 1. The van der Waals surface area contributed by atoms with E-state index in [-0.39, 0.29) is 17.9 Å². The average Bonchev–Trinajstić information content (AvgIpc) is 2.92. The first kappa shape index (κ1) is 14.3. The molecule has 0 aromatic heterocycles. The molecule has 21 heavy (non-hydrogen) atoms. The first-order valence-electron chi connectivity index (χ1n) is 7.81. The van der Waals surface area contributed by atoms with Crippen molar-refractivity contribution in [2.24, 2.45) is 0 Å². The van der Waals surface area contributed by atoms with Crippen molar-refractivity contribution in [2.45, 2.75) is 45.2 Å². The van der Waals surface area contributed by atoms with Gasteiger partial charge in [-0.1, -0.05) is 43.3 Å². The van der Waals surface area contributed by atoms with Crippen LogP contribution in [0.25, 0.3) is 0 Å². The van der Waals surface area contributed by atoms with Crippen LogP contribution in [0.4, 0.5) is 4.39 Å². The van der Waals surface area contributed by atoms with Gasteiger partial charge in [0.15, 0.2) is 0 Å². The van der Waals surface area contributed by atoms with Crippen LogP contribution >= 0.6 is 0 Å². The molecule has 2 unspecified atom stereocenters. The van der Waals surface area contributed by atoms with E-state index in [1.807, 2.05) is 6.07 Å². The van der Waals surface area contributed by atoms with E-state index in [1.54, 1.807) is 6.07 Å². The van der Waals surface area contributed by atoms with Crippen molar-refractivity contribution in [2.75, 3.05) is 0 Å². The Kier molecular flexibility index (Phi) is 4.07. The molecule has 2 aromatic rings. The summed E-state index contributed by atoms with van der Waals surface area (Å²) in [5.41, 5.74) is 4.67. The van der Waals surface area contributed by atoms with Crippen molar-refractivity contribution in [1.82, 2.24) is 5.32 Å². The van der Waals surface area contributed by atoms with E-state index in [9.17, 15) is 4.39 Å². The van der Waals surface area contributed by atoms with Crippen LogP contribution in [-0.4, -0.2) is 0 Å². The zero-order chi connectivity index (χ0) is 14.8. The van der Waals surface area contributed by atoms with Crippen LogP contribution in [0.3, 0.4) is 0 Å². The lowest BCUT2D eigenvalue weighted by atomic mass is 10.0. The van der Waals surface area contributed by atoms with Gasteiger partial charge in [-0.15, -0.1) is 0 Å². The quantitative estimate of drug-likeness (QED) is 0.855. The number of hydrogen-bond donors (Lipinski definition) is 1. The molecule has 2 atom stereocenters. The van der Waals surface area contributed by atoms with E-state index in [1.165, 1.54) is 11.1 Å². The lowest BCUT2D eigenvalue weighted by molar-refractivity contribution is 0.465. The maximum absolute atomic E-state index is 13.8.